The van der Waals surface area contributed by atoms with Gasteiger partial charge in [0, 0.05) is 0 Å². The van der Waals surface area contributed by atoms with Crippen LogP contribution in [0.5, 0.6) is 11.5 Å². The zero-order chi connectivity index (χ0) is 16.1. The quantitative estimate of drug-likeness (QED) is 0.890. The van der Waals surface area contributed by atoms with E-state index in [0.717, 1.165) is 25.0 Å². The fourth-order valence-corrected chi connectivity index (χ4v) is 2.90. The molecule has 0 aliphatic heterocycles. The number of benzene rings is 2. The molecule has 1 aliphatic rings. The molecule has 4 nitrogen and oxygen atoms in total. The summed E-state index contributed by atoms with van der Waals surface area (Å²) in [6, 6.07) is 17.4. The Morgan fingerprint density at radius 1 is 1.04 bits per heavy atom. The van der Waals surface area contributed by atoms with Crippen LogP contribution in [-0.2, 0) is 10.3 Å². The van der Waals surface area contributed by atoms with Crippen molar-refractivity contribution in [1.82, 2.24) is 5.32 Å². The Hall–Kier alpha value is -2.49. The molecule has 1 N–H and O–H groups in total. The standard InChI is InChI=1S/C19H21NO3/c1-22-16-8-10-17(11-9-16)23-14-18(21)20-19(12-5-13-19)15-6-3-2-4-7-15/h2-4,6-11H,5,12-14H2,1H3,(H,20,21). The molecule has 4 heteroatoms. The van der Waals surface area contributed by atoms with Gasteiger partial charge in [0.1, 0.15) is 11.5 Å². The van der Waals surface area contributed by atoms with Crippen molar-refractivity contribution in [2.24, 2.45) is 0 Å². The molecule has 1 saturated carbocycles. The third-order valence-corrected chi connectivity index (χ3v) is 4.34. The summed E-state index contributed by atoms with van der Waals surface area (Å²) in [6.45, 7) is 0.0148. The molecule has 2 aromatic carbocycles. The topological polar surface area (TPSA) is 47.6 Å². The molecule has 2 aromatic rings. The van der Waals surface area contributed by atoms with Crippen molar-refractivity contribution in [2.45, 2.75) is 24.8 Å². The molecule has 1 fully saturated rings. The van der Waals surface area contributed by atoms with E-state index in [1.54, 1.807) is 19.2 Å². The predicted octanol–water partition coefficient (Wildman–Crippen LogP) is 3.27. The third kappa shape index (κ3) is 3.47. The lowest BCUT2D eigenvalue weighted by Gasteiger charge is -2.43. The maximum Gasteiger partial charge on any atom is 0.258 e. The van der Waals surface area contributed by atoms with Crippen LogP contribution in [0.1, 0.15) is 24.8 Å². The molecule has 1 aliphatic carbocycles. The van der Waals surface area contributed by atoms with Crippen LogP contribution in [0.15, 0.2) is 54.6 Å². The second kappa shape index (κ2) is 6.73. The number of hydrogen-bond acceptors (Lipinski definition) is 3. The SMILES string of the molecule is COc1ccc(OCC(=O)NC2(c3ccccc3)CCC2)cc1. The van der Waals surface area contributed by atoms with Gasteiger partial charge in [0.05, 0.1) is 12.6 Å². The van der Waals surface area contributed by atoms with E-state index >= 15 is 0 Å². The van der Waals surface area contributed by atoms with E-state index < -0.39 is 0 Å². The molecule has 23 heavy (non-hydrogen) atoms. The van der Waals surface area contributed by atoms with E-state index in [-0.39, 0.29) is 18.1 Å². The van der Waals surface area contributed by atoms with E-state index in [9.17, 15) is 4.79 Å². The summed E-state index contributed by atoms with van der Waals surface area (Å²) < 4.78 is 10.6. The Morgan fingerprint density at radius 3 is 2.26 bits per heavy atom. The van der Waals surface area contributed by atoms with Crippen molar-refractivity contribution >= 4 is 5.91 Å². The highest BCUT2D eigenvalue weighted by Gasteiger charge is 2.39. The molecule has 0 unspecified atom stereocenters. The molecule has 0 spiro atoms. The molecule has 3 rings (SSSR count). The molecular formula is C19H21NO3. The highest BCUT2D eigenvalue weighted by Crippen LogP contribution is 2.41. The normalized spacial score (nSPS) is 15.3. The maximum absolute atomic E-state index is 12.3. The molecule has 0 radical (unpaired) electrons. The van der Waals surface area contributed by atoms with Crippen LogP contribution in [0.25, 0.3) is 0 Å². The molecule has 0 saturated heterocycles. The van der Waals surface area contributed by atoms with Gasteiger partial charge in [0.2, 0.25) is 0 Å². The van der Waals surface area contributed by atoms with E-state index in [1.807, 2.05) is 30.3 Å². The van der Waals surface area contributed by atoms with Crippen molar-refractivity contribution in [2.75, 3.05) is 13.7 Å². The Bertz CT molecular complexity index is 648. The Balaban J connectivity index is 1.58. The first kappa shape index (κ1) is 15.4. The summed E-state index contributed by atoms with van der Waals surface area (Å²) >= 11 is 0. The monoisotopic (exact) mass is 311 g/mol. The Morgan fingerprint density at radius 2 is 1.70 bits per heavy atom. The lowest BCUT2D eigenvalue weighted by atomic mass is 9.72. The first-order chi connectivity index (χ1) is 11.2. The van der Waals surface area contributed by atoms with Crippen molar-refractivity contribution in [3.8, 4) is 11.5 Å². The van der Waals surface area contributed by atoms with Crippen molar-refractivity contribution in [3.05, 3.63) is 60.2 Å². The minimum Gasteiger partial charge on any atom is -0.497 e. The van der Waals surface area contributed by atoms with Gasteiger partial charge in [0.15, 0.2) is 6.61 Å². The fraction of sp³-hybridized carbons (Fsp3) is 0.316. The van der Waals surface area contributed by atoms with E-state index in [0.29, 0.717) is 5.75 Å². The highest BCUT2D eigenvalue weighted by atomic mass is 16.5. The van der Waals surface area contributed by atoms with Gasteiger partial charge in [-0.3, -0.25) is 4.79 Å². The number of hydrogen-bond donors (Lipinski definition) is 1. The summed E-state index contributed by atoms with van der Waals surface area (Å²) in [5.74, 6) is 1.33. The largest absolute Gasteiger partial charge is 0.497 e. The first-order valence-corrected chi connectivity index (χ1v) is 7.85. The fourth-order valence-electron chi connectivity index (χ4n) is 2.90. The van der Waals surface area contributed by atoms with Gasteiger partial charge in [-0.1, -0.05) is 30.3 Å². The van der Waals surface area contributed by atoms with Crippen LogP contribution in [0.3, 0.4) is 0 Å². The molecular weight excluding hydrogens is 290 g/mol. The summed E-state index contributed by atoms with van der Waals surface area (Å²) in [5.41, 5.74) is 0.950. The van der Waals surface area contributed by atoms with Gasteiger partial charge in [-0.25, -0.2) is 0 Å². The number of ether oxygens (including phenoxy) is 2. The van der Waals surface area contributed by atoms with Gasteiger partial charge < -0.3 is 14.8 Å². The van der Waals surface area contributed by atoms with Gasteiger partial charge >= 0.3 is 0 Å². The average molecular weight is 311 g/mol. The summed E-state index contributed by atoms with van der Waals surface area (Å²) in [7, 11) is 1.62. The number of methoxy groups -OCH3 is 1. The first-order valence-electron chi connectivity index (χ1n) is 7.85. The van der Waals surface area contributed by atoms with E-state index in [4.69, 9.17) is 9.47 Å². The third-order valence-electron chi connectivity index (χ3n) is 4.34. The van der Waals surface area contributed by atoms with E-state index in [2.05, 4.69) is 17.4 Å². The number of carbonyl (C=O) groups excluding carboxylic acids is 1. The van der Waals surface area contributed by atoms with Gasteiger partial charge in [-0.15, -0.1) is 0 Å². The number of rotatable bonds is 6. The molecule has 120 valence electrons. The molecule has 0 heterocycles. The molecule has 1 amide bonds. The lowest BCUT2D eigenvalue weighted by Crippen LogP contribution is -2.52. The van der Waals surface area contributed by atoms with E-state index in [1.165, 1.54) is 5.56 Å². The summed E-state index contributed by atoms with van der Waals surface area (Å²) in [4.78, 5) is 12.3. The van der Waals surface area contributed by atoms with Crippen LogP contribution < -0.4 is 14.8 Å². The minimum absolute atomic E-state index is 0.0148. The maximum atomic E-state index is 12.3. The Labute approximate surface area is 136 Å². The van der Waals surface area contributed by atoms with Crippen LogP contribution in [0.2, 0.25) is 0 Å². The molecule has 0 bridgehead atoms. The zero-order valence-electron chi connectivity index (χ0n) is 13.2. The number of nitrogens with one attached hydrogen (secondary N) is 1. The molecule has 0 atom stereocenters. The second-order valence-electron chi connectivity index (χ2n) is 5.81. The second-order valence-corrected chi connectivity index (χ2v) is 5.81. The van der Waals surface area contributed by atoms with Crippen LogP contribution >= 0.6 is 0 Å². The minimum atomic E-state index is -0.221. The average Bonchev–Trinajstić information content (AvgIpc) is 2.57. The summed E-state index contributed by atoms with van der Waals surface area (Å²) in [6.07, 6.45) is 3.09. The van der Waals surface area contributed by atoms with Crippen LogP contribution in [0.4, 0.5) is 0 Å². The van der Waals surface area contributed by atoms with Gasteiger partial charge in [-0.2, -0.15) is 0 Å². The van der Waals surface area contributed by atoms with Crippen molar-refractivity contribution in [1.29, 1.82) is 0 Å². The smallest absolute Gasteiger partial charge is 0.258 e. The zero-order valence-corrected chi connectivity index (χ0v) is 13.2. The lowest BCUT2D eigenvalue weighted by molar-refractivity contribution is -0.126. The number of carbonyl (C=O) groups is 1. The van der Waals surface area contributed by atoms with Gasteiger partial charge in [-0.05, 0) is 49.1 Å². The van der Waals surface area contributed by atoms with Gasteiger partial charge in [0.25, 0.3) is 5.91 Å². The molecule has 0 aromatic heterocycles. The highest BCUT2D eigenvalue weighted by molar-refractivity contribution is 5.78. The van der Waals surface area contributed by atoms with Crippen LogP contribution in [-0.4, -0.2) is 19.6 Å². The van der Waals surface area contributed by atoms with Crippen molar-refractivity contribution < 1.29 is 14.3 Å². The van der Waals surface area contributed by atoms with Crippen molar-refractivity contribution in [3.63, 3.8) is 0 Å². The number of amides is 1. The Kier molecular flexibility index (Phi) is 4.51. The summed E-state index contributed by atoms with van der Waals surface area (Å²) in [5, 5.41) is 3.15. The predicted molar refractivity (Wildman–Crippen MR) is 88.6 cm³/mol. The van der Waals surface area contributed by atoms with Crippen LogP contribution in [0, 0.1) is 0 Å².